The molecule has 1 aliphatic rings. The van der Waals surface area contributed by atoms with Gasteiger partial charge in [0.25, 0.3) is 0 Å². The number of rotatable bonds is 12. The second kappa shape index (κ2) is 13.7. The van der Waals surface area contributed by atoms with Crippen LogP contribution in [0.25, 0.3) is 21.8 Å². The van der Waals surface area contributed by atoms with Gasteiger partial charge in [0.1, 0.15) is 17.3 Å². The molecule has 1 aliphatic heterocycles. The van der Waals surface area contributed by atoms with Crippen molar-refractivity contribution in [2.45, 2.75) is 44.3 Å². The van der Waals surface area contributed by atoms with Crippen LogP contribution in [-0.2, 0) is 30.6 Å². The number of methoxy groups -OCH3 is 2. The number of hydrogen-bond donors (Lipinski definition) is 5. The number of amides is 1. The van der Waals surface area contributed by atoms with Gasteiger partial charge in [-0.3, -0.25) is 10.1 Å². The molecule has 4 heterocycles. The van der Waals surface area contributed by atoms with Gasteiger partial charge in [0.15, 0.2) is 5.82 Å². The lowest BCUT2D eigenvalue weighted by Gasteiger charge is -2.27. The first-order valence-electron chi connectivity index (χ1n) is 16.1. The molecular weight excluding hydrogens is 592 g/mol. The Balaban J connectivity index is 1.27. The monoisotopic (exact) mass is 632 g/mol. The van der Waals surface area contributed by atoms with Gasteiger partial charge >= 0.3 is 0 Å². The van der Waals surface area contributed by atoms with E-state index in [-0.39, 0.29) is 11.9 Å². The maximum absolute atomic E-state index is 13.7. The third-order valence-corrected chi connectivity index (χ3v) is 9.10. The van der Waals surface area contributed by atoms with Crippen molar-refractivity contribution in [3.8, 4) is 11.5 Å². The summed E-state index contributed by atoms with van der Waals surface area (Å²) in [5.74, 6) is 2.91. The molecule has 6 aromatic rings. The molecule has 1 amide bonds. The first-order valence-corrected chi connectivity index (χ1v) is 16.1. The van der Waals surface area contributed by atoms with Crippen LogP contribution in [0, 0.1) is 0 Å². The number of benzene rings is 3. The van der Waals surface area contributed by atoms with Crippen LogP contribution >= 0.6 is 0 Å². The highest BCUT2D eigenvalue weighted by Crippen LogP contribution is 2.29. The summed E-state index contributed by atoms with van der Waals surface area (Å²) in [5.41, 5.74) is 5.44. The summed E-state index contributed by atoms with van der Waals surface area (Å²) in [7, 11) is 3.31. The smallest absolute Gasteiger partial charge is 0.237 e. The van der Waals surface area contributed by atoms with Gasteiger partial charge in [0.05, 0.1) is 32.8 Å². The number of nitrogens with zero attached hydrogens (tertiary/aromatic N) is 3. The fourth-order valence-electron chi connectivity index (χ4n) is 6.56. The average Bonchev–Trinajstić information content (AvgIpc) is 3.84. The quantitative estimate of drug-likeness (QED) is 0.135. The molecule has 1 saturated heterocycles. The Bertz CT molecular complexity index is 1990. The number of para-hydroxylation sites is 2. The van der Waals surface area contributed by atoms with E-state index in [0.717, 1.165) is 46.3 Å². The lowest BCUT2D eigenvalue weighted by atomic mass is 10.0. The Kier molecular flexibility index (Phi) is 8.89. The third-order valence-electron chi connectivity index (χ3n) is 9.10. The van der Waals surface area contributed by atoms with E-state index in [4.69, 9.17) is 19.7 Å². The molecular formula is C36H40N8O3. The Morgan fingerprint density at radius 3 is 2.38 bits per heavy atom. The van der Waals surface area contributed by atoms with Crippen molar-refractivity contribution in [2.24, 2.45) is 0 Å². The van der Waals surface area contributed by atoms with E-state index >= 15 is 0 Å². The molecule has 0 saturated carbocycles. The summed E-state index contributed by atoms with van der Waals surface area (Å²) in [5, 5.41) is 21.8. The van der Waals surface area contributed by atoms with Gasteiger partial charge in [-0.2, -0.15) is 0 Å². The molecule has 3 aromatic carbocycles. The molecule has 0 spiro atoms. The van der Waals surface area contributed by atoms with Gasteiger partial charge in [-0.1, -0.05) is 36.4 Å². The molecule has 0 radical (unpaired) electrons. The van der Waals surface area contributed by atoms with Gasteiger partial charge in [-0.05, 0) is 54.8 Å². The van der Waals surface area contributed by atoms with Crippen LogP contribution in [-0.4, -0.2) is 64.1 Å². The SMILES string of the molecule is COc1ccc(Cn2c(CCc3c[nH]c4ccccc34)nnc2[C@@H](Cc2c[nH]c3ccccc23)NC(=O)[C@H]2CCNCN2)c(OC)c1. The summed E-state index contributed by atoms with van der Waals surface area (Å²) in [6.07, 6.45) is 6.79. The van der Waals surface area contributed by atoms with Gasteiger partial charge < -0.3 is 34.6 Å². The van der Waals surface area contributed by atoms with Gasteiger partial charge in [-0.15, -0.1) is 10.2 Å². The van der Waals surface area contributed by atoms with Crippen LogP contribution in [0.3, 0.4) is 0 Å². The molecule has 7 rings (SSSR count). The summed E-state index contributed by atoms with van der Waals surface area (Å²) >= 11 is 0. The Hall–Kier alpha value is -5.13. The summed E-state index contributed by atoms with van der Waals surface area (Å²) < 4.78 is 13.4. The van der Waals surface area contributed by atoms with Crippen LogP contribution in [0.4, 0.5) is 0 Å². The number of carbonyl (C=O) groups is 1. The minimum Gasteiger partial charge on any atom is -0.497 e. The number of aromatic amines is 2. The number of carbonyl (C=O) groups excluding carboxylic acids is 1. The second-order valence-electron chi connectivity index (χ2n) is 11.9. The van der Waals surface area contributed by atoms with Gasteiger partial charge in [0.2, 0.25) is 5.91 Å². The fourth-order valence-corrected chi connectivity index (χ4v) is 6.56. The van der Waals surface area contributed by atoms with Crippen LogP contribution < -0.4 is 25.4 Å². The van der Waals surface area contributed by atoms with E-state index in [0.29, 0.717) is 49.8 Å². The Morgan fingerprint density at radius 1 is 0.915 bits per heavy atom. The Labute approximate surface area is 273 Å². The van der Waals surface area contributed by atoms with Crippen molar-refractivity contribution >= 4 is 27.7 Å². The lowest BCUT2D eigenvalue weighted by molar-refractivity contribution is -0.124. The summed E-state index contributed by atoms with van der Waals surface area (Å²) in [6, 6.07) is 21.7. The zero-order valence-corrected chi connectivity index (χ0v) is 26.7. The molecule has 5 N–H and O–H groups in total. The normalized spacial score (nSPS) is 15.6. The first kappa shape index (κ1) is 30.5. The van der Waals surface area contributed by atoms with E-state index in [1.54, 1.807) is 14.2 Å². The molecule has 2 atom stereocenters. The molecule has 11 heteroatoms. The van der Waals surface area contributed by atoms with Crippen LogP contribution in [0.2, 0.25) is 0 Å². The highest BCUT2D eigenvalue weighted by Gasteiger charge is 2.29. The standard InChI is InChI=1S/C36H40N8O3/c1-46-26-13-11-24(33(18-26)47-2)21-44-34(14-12-23-19-38-29-9-5-3-7-27(23)29)42-43-35(44)32(41-36(45)31-15-16-37-22-40-31)17-25-20-39-30-10-6-4-8-28(25)30/h3-11,13,18-20,31-32,37-40H,12,14-17,21-22H2,1-2H3,(H,41,45)/t31-,32-/m1/s1. The minimum atomic E-state index is -0.433. The number of ether oxygens (including phenoxy) is 2. The maximum atomic E-state index is 13.7. The zero-order valence-electron chi connectivity index (χ0n) is 26.7. The molecule has 47 heavy (non-hydrogen) atoms. The van der Waals surface area contributed by atoms with Crippen molar-refractivity contribution in [2.75, 3.05) is 27.4 Å². The molecule has 0 unspecified atom stereocenters. The average molecular weight is 633 g/mol. The second-order valence-corrected chi connectivity index (χ2v) is 11.9. The van der Waals surface area contributed by atoms with Crippen LogP contribution in [0.5, 0.6) is 11.5 Å². The number of nitrogens with one attached hydrogen (secondary N) is 5. The van der Waals surface area contributed by atoms with E-state index in [2.05, 4.69) is 67.0 Å². The summed E-state index contributed by atoms with van der Waals surface area (Å²) in [4.78, 5) is 20.5. The molecule has 3 aromatic heterocycles. The van der Waals surface area contributed by atoms with Crippen molar-refractivity contribution in [1.82, 2.24) is 40.7 Å². The Morgan fingerprint density at radius 2 is 1.66 bits per heavy atom. The molecule has 242 valence electrons. The van der Waals surface area contributed by atoms with Crippen LogP contribution in [0.15, 0.2) is 79.1 Å². The van der Waals surface area contributed by atoms with E-state index in [9.17, 15) is 4.79 Å². The molecule has 1 fully saturated rings. The largest absolute Gasteiger partial charge is 0.497 e. The number of H-pyrrole nitrogens is 2. The number of aromatic nitrogens is 5. The van der Waals surface area contributed by atoms with Crippen molar-refractivity contribution in [1.29, 1.82) is 0 Å². The predicted octanol–water partition coefficient (Wildman–Crippen LogP) is 4.40. The summed E-state index contributed by atoms with van der Waals surface area (Å²) in [6.45, 7) is 1.84. The molecule has 11 nitrogen and oxygen atoms in total. The minimum absolute atomic E-state index is 0.0479. The first-order chi connectivity index (χ1) is 23.1. The third kappa shape index (κ3) is 6.45. The number of hydrogen-bond acceptors (Lipinski definition) is 7. The molecule has 0 aliphatic carbocycles. The number of fused-ring (bicyclic) bond motifs is 2. The van der Waals surface area contributed by atoms with Gasteiger partial charge in [-0.25, -0.2) is 0 Å². The van der Waals surface area contributed by atoms with Crippen LogP contribution in [0.1, 0.15) is 40.8 Å². The highest BCUT2D eigenvalue weighted by molar-refractivity contribution is 5.84. The highest BCUT2D eigenvalue weighted by atomic mass is 16.5. The topological polar surface area (TPSA) is 134 Å². The number of aryl methyl sites for hydroxylation is 2. The molecule has 0 bridgehead atoms. The predicted molar refractivity (Wildman–Crippen MR) is 182 cm³/mol. The zero-order chi connectivity index (χ0) is 32.2. The van der Waals surface area contributed by atoms with Crippen molar-refractivity contribution < 1.29 is 14.3 Å². The van der Waals surface area contributed by atoms with Gasteiger partial charge in [0, 0.05) is 65.3 Å². The lowest BCUT2D eigenvalue weighted by Crippen LogP contribution is -2.53. The fraction of sp³-hybridized carbons (Fsp3) is 0.306. The maximum Gasteiger partial charge on any atom is 0.237 e. The van der Waals surface area contributed by atoms with E-state index < -0.39 is 6.04 Å². The van der Waals surface area contributed by atoms with E-state index in [1.165, 1.54) is 10.9 Å². The van der Waals surface area contributed by atoms with Crippen molar-refractivity contribution in [3.05, 3.63) is 107 Å². The van der Waals surface area contributed by atoms with E-state index in [1.807, 2.05) is 42.6 Å². The van der Waals surface area contributed by atoms with Crippen molar-refractivity contribution in [3.63, 3.8) is 0 Å².